The van der Waals surface area contributed by atoms with E-state index in [1.54, 1.807) is 87.0 Å². The summed E-state index contributed by atoms with van der Waals surface area (Å²) in [5.74, 6) is -1.06. The number of carboxylic acid groups (broad SMARTS) is 1. The Morgan fingerprint density at radius 1 is 0.589 bits per heavy atom. The summed E-state index contributed by atoms with van der Waals surface area (Å²) in [6.07, 6.45) is 22.7. The van der Waals surface area contributed by atoms with Crippen LogP contribution in [0.15, 0.2) is 156 Å². The first-order valence-corrected chi connectivity index (χ1v) is 25.5. The molecule has 0 bridgehead atoms. The monoisotopic (exact) mass is 1010 g/mol. The highest BCUT2D eigenvalue weighted by Gasteiger charge is 2.18. The Morgan fingerprint density at radius 3 is 1.52 bits per heavy atom. The topological polar surface area (TPSA) is 212 Å². The minimum Gasteiger partial charge on any atom is -0.480 e. The highest BCUT2D eigenvalue weighted by molar-refractivity contribution is 7.19. The van der Waals surface area contributed by atoms with Crippen molar-refractivity contribution in [2.24, 2.45) is 19.8 Å². The van der Waals surface area contributed by atoms with Crippen molar-refractivity contribution in [3.63, 3.8) is 0 Å². The number of thiophene rings is 2. The van der Waals surface area contributed by atoms with Gasteiger partial charge in [0.2, 0.25) is 0 Å². The van der Waals surface area contributed by atoms with Crippen LogP contribution in [0.5, 0.6) is 0 Å². The molecule has 0 unspecified atom stereocenters. The molecule has 8 aromatic heterocycles. The quantitative estimate of drug-likeness (QED) is 0.0832. The maximum atomic E-state index is 13.5. The average molecular weight is 1010 g/mol. The van der Waals surface area contributed by atoms with Gasteiger partial charge in [-0.15, -0.1) is 22.7 Å². The third-order valence-electron chi connectivity index (χ3n) is 11.9. The molecule has 0 spiro atoms. The van der Waals surface area contributed by atoms with Gasteiger partial charge in [-0.25, -0.2) is 0 Å². The van der Waals surface area contributed by atoms with E-state index in [-0.39, 0.29) is 23.4 Å². The first-order chi connectivity index (χ1) is 35.5. The summed E-state index contributed by atoms with van der Waals surface area (Å²) in [6.45, 7) is 0.236. The number of Topliss-reactive ketones (excluding diaryl/α,β-unsaturated/α-hetero) is 1. The highest BCUT2D eigenvalue weighted by atomic mass is 32.1. The van der Waals surface area contributed by atoms with E-state index in [0.29, 0.717) is 60.6 Å². The Hall–Kier alpha value is -8.06. The van der Waals surface area contributed by atoms with Crippen LogP contribution < -0.4 is 16.9 Å². The molecule has 0 saturated carbocycles. The average Bonchev–Trinajstić information content (AvgIpc) is 4.23. The molecule has 3 N–H and O–H groups in total. The number of benzene rings is 2. The van der Waals surface area contributed by atoms with E-state index in [0.717, 1.165) is 46.2 Å². The number of nitrogens with two attached hydrogens (primary N) is 1. The van der Waals surface area contributed by atoms with Gasteiger partial charge in [-0.1, -0.05) is 60.7 Å². The lowest BCUT2D eigenvalue weighted by Crippen LogP contribution is -2.29. The zero-order valence-electron chi connectivity index (χ0n) is 40.6. The minimum atomic E-state index is -1.07. The molecule has 0 atom stereocenters. The van der Waals surface area contributed by atoms with Gasteiger partial charge >= 0.3 is 5.97 Å². The SMILES string of the molecule is Cn1cc(-c2cnc(CCCc3ccccc3)c(=O)n2CC(=O)CCc2cc3cnccc3s2)cn1.Cn1cc(-c2cnc(CCCc3ccccc3)c(=O)n2CC(=O)O)cn1.NCc1cc2cnccc2s1. The van der Waals surface area contributed by atoms with E-state index in [4.69, 9.17) is 5.73 Å². The summed E-state index contributed by atoms with van der Waals surface area (Å²) in [4.78, 5) is 69.8. The van der Waals surface area contributed by atoms with Crippen LogP contribution in [-0.2, 0) is 75.4 Å². The number of aliphatic carboxylic acids is 1. The molecule has 0 aliphatic heterocycles. The molecular weight excluding hydrogens is 959 g/mol. The van der Waals surface area contributed by atoms with Gasteiger partial charge in [0.1, 0.15) is 17.9 Å². The molecule has 0 aliphatic rings. The fraction of sp³-hybridized carbons (Fsp3) is 0.236. The van der Waals surface area contributed by atoms with Crippen LogP contribution in [0.2, 0.25) is 0 Å². The number of aryl methyl sites for hydroxylation is 7. The number of nitrogens with zero attached hydrogens (tertiary/aromatic N) is 10. The lowest BCUT2D eigenvalue weighted by atomic mass is 10.1. The number of carbonyl (C=O) groups excluding carboxylic acids is 1. The third-order valence-corrected chi connectivity index (χ3v) is 14.2. The third kappa shape index (κ3) is 13.9. The van der Waals surface area contributed by atoms with Crippen LogP contribution in [0, 0.1) is 0 Å². The lowest BCUT2D eigenvalue weighted by Gasteiger charge is -2.13. The van der Waals surface area contributed by atoms with Gasteiger partial charge in [0.25, 0.3) is 11.1 Å². The maximum Gasteiger partial charge on any atom is 0.323 e. The Bertz CT molecular complexity index is 3490. The van der Waals surface area contributed by atoms with Crippen LogP contribution in [0.25, 0.3) is 42.7 Å². The highest BCUT2D eigenvalue weighted by Crippen LogP contribution is 2.26. The van der Waals surface area contributed by atoms with Crippen molar-refractivity contribution in [1.29, 1.82) is 0 Å². The second kappa shape index (κ2) is 24.9. The van der Waals surface area contributed by atoms with Crippen molar-refractivity contribution in [3.05, 3.63) is 200 Å². The summed E-state index contributed by atoms with van der Waals surface area (Å²) in [6, 6.07) is 28.4. The van der Waals surface area contributed by atoms with Gasteiger partial charge in [-0.2, -0.15) is 10.2 Å². The Morgan fingerprint density at radius 2 is 1.07 bits per heavy atom. The molecule has 10 rings (SSSR count). The van der Waals surface area contributed by atoms with Crippen molar-refractivity contribution >= 4 is 54.6 Å². The number of carboxylic acids is 1. The fourth-order valence-corrected chi connectivity index (χ4v) is 10.2. The number of carbonyl (C=O) groups is 2. The molecule has 0 aliphatic carbocycles. The molecule has 372 valence electrons. The van der Waals surface area contributed by atoms with E-state index >= 15 is 0 Å². The van der Waals surface area contributed by atoms with Crippen molar-refractivity contribution < 1.29 is 14.7 Å². The Labute approximate surface area is 429 Å². The number of pyridine rings is 2. The molecule has 10 aromatic rings. The Balaban J connectivity index is 0.000000166. The van der Waals surface area contributed by atoms with Crippen molar-refractivity contribution in [1.82, 2.24) is 48.6 Å². The second-order valence-electron chi connectivity index (χ2n) is 17.3. The Kier molecular flexibility index (Phi) is 17.5. The molecular formula is C55H55N11O5S2. The predicted octanol–water partition coefficient (Wildman–Crippen LogP) is 8.29. The molecule has 0 saturated heterocycles. The summed E-state index contributed by atoms with van der Waals surface area (Å²) < 4.78 is 8.52. The van der Waals surface area contributed by atoms with Gasteiger partial charge in [0, 0.05) is 105 Å². The summed E-state index contributed by atoms with van der Waals surface area (Å²) >= 11 is 3.41. The normalized spacial score (nSPS) is 11.0. The number of fused-ring (bicyclic) bond motifs is 2. The first kappa shape index (κ1) is 51.3. The van der Waals surface area contributed by atoms with Crippen LogP contribution >= 0.6 is 22.7 Å². The lowest BCUT2D eigenvalue weighted by molar-refractivity contribution is -0.137. The van der Waals surface area contributed by atoms with Crippen LogP contribution in [0.4, 0.5) is 0 Å². The van der Waals surface area contributed by atoms with Gasteiger partial charge < -0.3 is 10.8 Å². The fourth-order valence-electron chi connectivity index (χ4n) is 8.25. The molecule has 8 heterocycles. The predicted molar refractivity (Wildman–Crippen MR) is 286 cm³/mol. The largest absolute Gasteiger partial charge is 0.480 e. The standard InChI is InChI=1S/C28H27N5O2S.C19H20N4O3.C8H8N2S/c1-32-18-22(16-31-32)26-17-30-25(9-5-8-20-6-3-2-4-7-20)28(35)33(26)19-23(34)10-11-24-14-21-15-29-13-12-27(21)36-24;1-22-12-15(10-21-22)17-11-20-16(19(26)23(17)13-18(24)25)9-5-8-14-6-3-2-4-7-14;9-4-7-3-6-5-10-2-1-8(6)11-7/h2-4,6-7,12-18H,5,8-11,19H2,1H3;2-4,6-7,10-12H,5,8-9,13H2,1H3,(H,24,25);1-3,5H,4,9H2. The number of hydrogen-bond donors (Lipinski definition) is 2. The molecule has 18 heteroatoms. The van der Waals surface area contributed by atoms with Crippen LogP contribution in [0.1, 0.15) is 51.5 Å². The van der Waals surface area contributed by atoms with E-state index in [1.165, 1.54) is 30.7 Å². The summed E-state index contributed by atoms with van der Waals surface area (Å²) in [5.41, 5.74) is 10.7. The smallest absolute Gasteiger partial charge is 0.323 e. The van der Waals surface area contributed by atoms with Crippen LogP contribution in [0.3, 0.4) is 0 Å². The number of ketones is 1. The summed E-state index contributed by atoms with van der Waals surface area (Å²) in [5, 5.41) is 19.8. The van der Waals surface area contributed by atoms with Gasteiger partial charge in [0.05, 0.1) is 42.7 Å². The van der Waals surface area contributed by atoms with E-state index in [9.17, 15) is 24.3 Å². The van der Waals surface area contributed by atoms with Crippen molar-refractivity contribution in [2.45, 2.75) is 71.0 Å². The van der Waals surface area contributed by atoms with Crippen molar-refractivity contribution in [3.8, 4) is 22.5 Å². The zero-order chi connectivity index (χ0) is 51.1. The molecule has 2 aromatic carbocycles. The van der Waals surface area contributed by atoms with E-state index < -0.39 is 12.5 Å². The molecule has 0 amide bonds. The molecule has 0 fully saturated rings. The second-order valence-corrected chi connectivity index (χ2v) is 19.7. The molecule has 16 nitrogen and oxygen atoms in total. The molecule has 0 radical (unpaired) electrons. The van der Waals surface area contributed by atoms with Crippen molar-refractivity contribution in [2.75, 3.05) is 0 Å². The summed E-state index contributed by atoms with van der Waals surface area (Å²) in [7, 11) is 3.58. The first-order valence-electron chi connectivity index (χ1n) is 23.8. The van der Waals surface area contributed by atoms with Crippen LogP contribution in [-0.4, -0.2) is 65.5 Å². The number of aromatic nitrogens is 10. The van der Waals surface area contributed by atoms with Gasteiger partial charge in [0.15, 0.2) is 5.78 Å². The number of rotatable bonds is 18. The van der Waals surface area contributed by atoms with E-state index in [2.05, 4.69) is 54.4 Å². The van der Waals surface area contributed by atoms with Gasteiger partial charge in [-0.05, 0) is 80.3 Å². The van der Waals surface area contributed by atoms with Gasteiger partial charge in [-0.3, -0.25) is 57.6 Å². The zero-order valence-corrected chi connectivity index (χ0v) is 42.2. The maximum absolute atomic E-state index is 13.5. The van der Waals surface area contributed by atoms with E-state index in [1.807, 2.05) is 86.3 Å². The molecule has 73 heavy (non-hydrogen) atoms. The minimum absolute atomic E-state index is 0.0132. The number of hydrogen-bond acceptors (Lipinski definition) is 13.